The molecule has 0 amide bonds. The van der Waals surface area contributed by atoms with E-state index < -0.39 is 11.7 Å². The summed E-state index contributed by atoms with van der Waals surface area (Å²) in [5.74, 6) is -0.317. The van der Waals surface area contributed by atoms with Crippen LogP contribution in [-0.4, -0.2) is 29.8 Å². The van der Waals surface area contributed by atoms with Crippen molar-refractivity contribution in [1.82, 2.24) is 5.32 Å². The molecule has 1 rings (SSSR count). The summed E-state index contributed by atoms with van der Waals surface area (Å²) in [6.45, 7) is 5.89. The van der Waals surface area contributed by atoms with Crippen LogP contribution in [0.4, 0.5) is 0 Å². The number of rotatable bonds is 5. The Hall–Kier alpha value is -1.39. The molecule has 0 aromatic heterocycles. The third kappa shape index (κ3) is 5.80. The Balaban J connectivity index is 2.28. The van der Waals surface area contributed by atoms with Gasteiger partial charge in [-0.25, -0.2) is 0 Å². The van der Waals surface area contributed by atoms with Gasteiger partial charge >= 0.3 is 5.97 Å². The number of carbonyl (C=O) groups is 1. The van der Waals surface area contributed by atoms with E-state index in [1.54, 1.807) is 0 Å². The Morgan fingerprint density at radius 3 is 2.50 bits per heavy atom. The average molecular weight is 251 g/mol. The molecule has 0 aliphatic heterocycles. The average Bonchev–Trinajstić information content (AvgIpc) is 2.27. The summed E-state index contributed by atoms with van der Waals surface area (Å²) >= 11 is 0. The fourth-order valence-corrected chi connectivity index (χ4v) is 1.48. The predicted octanol–water partition coefficient (Wildman–Crippen LogP) is 1.65. The molecule has 0 fully saturated rings. The van der Waals surface area contributed by atoms with E-state index in [0.717, 1.165) is 5.56 Å². The highest BCUT2D eigenvalue weighted by Crippen LogP contribution is 2.10. The van der Waals surface area contributed by atoms with Gasteiger partial charge in [0.1, 0.15) is 5.60 Å². The molecule has 100 valence electrons. The van der Waals surface area contributed by atoms with Crippen molar-refractivity contribution in [2.45, 2.75) is 32.5 Å². The number of hydrogen-bond acceptors (Lipinski definition) is 4. The second-order valence-corrected chi connectivity index (χ2v) is 5.14. The highest BCUT2D eigenvalue weighted by molar-refractivity contribution is 5.72. The number of aliphatic hydroxyl groups is 1. The maximum Gasteiger partial charge on any atom is 0.320 e. The van der Waals surface area contributed by atoms with Gasteiger partial charge in [-0.1, -0.05) is 30.3 Å². The Morgan fingerprint density at radius 2 is 1.94 bits per heavy atom. The van der Waals surface area contributed by atoms with Crippen LogP contribution in [-0.2, 0) is 9.53 Å². The molecule has 0 aliphatic carbocycles. The molecule has 0 unspecified atom stereocenters. The second kappa shape index (κ2) is 6.52. The van der Waals surface area contributed by atoms with E-state index in [9.17, 15) is 9.90 Å². The second-order valence-electron chi connectivity index (χ2n) is 5.14. The van der Waals surface area contributed by atoms with Crippen molar-refractivity contribution >= 4 is 5.97 Å². The first-order valence-electron chi connectivity index (χ1n) is 6.04. The molecular formula is C14H21NO3. The topological polar surface area (TPSA) is 58.6 Å². The number of carbonyl (C=O) groups excluding carboxylic acids is 1. The van der Waals surface area contributed by atoms with E-state index in [0.29, 0.717) is 6.54 Å². The summed E-state index contributed by atoms with van der Waals surface area (Å²) in [6.07, 6.45) is -0.617. The normalized spacial score (nSPS) is 13.1. The predicted molar refractivity (Wildman–Crippen MR) is 70.1 cm³/mol. The molecule has 0 saturated carbocycles. The Bertz CT molecular complexity index is 370. The molecule has 0 radical (unpaired) electrons. The smallest absolute Gasteiger partial charge is 0.320 e. The molecule has 4 heteroatoms. The maximum atomic E-state index is 11.4. The van der Waals surface area contributed by atoms with Crippen LogP contribution >= 0.6 is 0 Å². The summed E-state index contributed by atoms with van der Waals surface area (Å²) in [4.78, 5) is 11.4. The first-order valence-corrected chi connectivity index (χ1v) is 6.04. The van der Waals surface area contributed by atoms with Gasteiger partial charge in [0.25, 0.3) is 0 Å². The lowest BCUT2D eigenvalue weighted by Crippen LogP contribution is -2.33. The van der Waals surface area contributed by atoms with Crippen LogP contribution in [0.25, 0.3) is 0 Å². The van der Waals surface area contributed by atoms with Gasteiger partial charge < -0.3 is 15.2 Å². The highest BCUT2D eigenvalue weighted by atomic mass is 16.6. The van der Waals surface area contributed by atoms with Crippen molar-refractivity contribution in [2.24, 2.45) is 0 Å². The van der Waals surface area contributed by atoms with Gasteiger partial charge in [-0.2, -0.15) is 0 Å². The van der Waals surface area contributed by atoms with Gasteiger partial charge in [-0.15, -0.1) is 0 Å². The summed E-state index contributed by atoms with van der Waals surface area (Å²) in [5.41, 5.74) is 0.353. The molecule has 0 bridgehead atoms. The highest BCUT2D eigenvalue weighted by Gasteiger charge is 2.16. The third-order valence-corrected chi connectivity index (χ3v) is 2.21. The van der Waals surface area contributed by atoms with Crippen molar-refractivity contribution in [3.05, 3.63) is 35.9 Å². The van der Waals surface area contributed by atoms with E-state index in [-0.39, 0.29) is 12.5 Å². The van der Waals surface area contributed by atoms with Crippen molar-refractivity contribution in [1.29, 1.82) is 0 Å². The van der Waals surface area contributed by atoms with E-state index in [2.05, 4.69) is 5.32 Å². The SMILES string of the molecule is CC(C)(C)OC(=O)CNC[C@H](O)c1ccccc1. The van der Waals surface area contributed by atoms with Crippen LogP contribution in [0.5, 0.6) is 0 Å². The zero-order chi connectivity index (χ0) is 13.6. The number of nitrogens with one attached hydrogen (secondary N) is 1. The quantitative estimate of drug-likeness (QED) is 0.781. The fraction of sp³-hybridized carbons (Fsp3) is 0.500. The van der Waals surface area contributed by atoms with Crippen LogP contribution < -0.4 is 5.32 Å². The first-order chi connectivity index (χ1) is 8.38. The molecule has 1 aromatic rings. The minimum atomic E-state index is -0.617. The van der Waals surface area contributed by atoms with E-state index >= 15 is 0 Å². The molecule has 0 saturated heterocycles. The van der Waals surface area contributed by atoms with Crippen molar-refractivity contribution < 1.29 is 14.6 Å². The molecule has 4 nitrogen and oxygen atoms in total. The Morgan fingerprint density at radius 1 is 1.33 bits per heavy atom. The summed E-state index contributed by atoms with van der Waals surface area (Å²) in [5, 5.41) is 12.7. The zero-order valence-corrected chi connectivity index (χ0v) is 11.1. The van der Waals surface area contributed by atoms with Gasteiger partial charge in [-0.05, 0) is 26.3 Å². The number of esters is 1. The third-order valence-electron chi connectivity index (χ3n) is 2.21. The van der Waals surface area contributed by atoms with Crippen molar-refractivity contribution in [3.63, 3.8) is 0 Å². The Labute approximate surface area is 108 Å². The van der Waals surface area contributed by atoms with Crippen LogP contribution in [0.3, 0.4) is 0 Å². The molecule has 1 aromatic carbocycles. The fourth-order valence-electron chi connectivity index (χ4n) is 1.48. The standard InChI is InChI=1S/C14H21NO3/c1-14(2,3)18-13(17)10-15-9-12(16)11-7-5-4-6-8-11/h4-8,12,15-16H,9-10H2,1-3H3/t12-/m0/s1. The van der Waals surface area contributed by atoms with Gasteiger partial charge in [0.05, 0.1) is 12.6 Å². The molecular weight excluding hydrogens is 230 g/mol. The molecule has 0 spiro atoms. The minimum Gasteiger partial charge on any atom is -0.459 e. The number of ether oxygens (including phenoxy) is 1. The van der Waals surface area contributed by atoms with Crippen molar-refractivity contribution in [3.8, 4) is 0 Å². The number of hydrogen-bond donors (Lipinski definition) is 2. The Kier molecular flexibility index (Phi) is 5.31. The maximum absolute atomic E-state index is 11.4. The monoisotopic (exact) mass is 251 g/mol. The largest absolute Gasteiger partial charge is 0.459 e. The lowest BCUT2D eigenvalue weighted by atomic mass is 10.1. The lowest BCUT2D eigenvalue weighted by molar-refractivity contribution is -0.153. The molecule has 0 aliphatic rings. The summed E-state index contributed by atoms with van der Waals surface area (Å²) < 4.78 is 5.14. The van der Waals surface area contributed by atoms with Crippen LogP contribution in [0.15, 0.2) is 30.3 Å². The molecule has 2 N–H and O–H groups in total. The van der Waals surface area contributed by atoms with Crippen LogP contribution in [0.1, 0.15) is 32.4 Å². The van der Waals surface area contributed by atoms with Gasteiger partial charge in [0.15, 0.2) is 0 Å². The van der Waals surface area contributed by atoms with Gasteiger partial charge in [-0.3, -0.25) is 4.79 Å². The number of benzene rings is 1. The summed E-state index contributed by atoms with van der Waals surface area (Å²) in [7, 11) is 0. The van der Waals surface area contributed by atoms with Gasteiger partial charge in [0, 0.05) is 6.54 Å². The lowest BCUT2D eigenvalue weighted by Gasteiger charge is -2.20. The zero-order valence-electron chi connectivity index (χ0n) is 11.1. The van der Waals surface area contributed by atoms with Crippen LogP contribution in [0.2, 0.25) is 0 Å². The molecule has 18 heavy (non-hydrogen) atoms. The van der Waals surface area contributed by atoms with E-state index in [1.807, 2.05) is 51.1 Å². The van der Waals surface area contributed by atoms with E-state index in [4.69, 9.17) is 4.74 Å². The molecule has 0 heterocycles. The molecule has 1 atom stereocenters. The van der Waals surface area contributed by atoms with E-state index in [1.165, 1.54) is 0 Å². The minimum absolute atomic E-state index is 0.0984. The van der Waals surface area contributed by atoms with Crippen LogP contribution in [0, 0.1) is 0 Å². The van der Waals surface area contributed by atoms with Crippen molar-refractivity contribution in [2.75, 3.05) is 13.1 Å². The first kappa shape index (κ1) is 14.7. The number of aliphatic hydroxyl groups excluding tert-OH is 1. The summed E-state index contributed by atoms with van der Waals surface area (Å²) in [6, 6.07) is 9.32. The van der Waals surface area contributed by atoms with Gasteiger partial charge in [0.2, 0.25) is 0 Å².